The first-order chi connectivity index (χ1) is 15.9. The summed E-state index contributed by atoms with van der Waals surface area (Å²) in [5.41, 5.74) is 4.67. The van der Waals surface area contributed by atoms with Crippen LogP contribution in [-0.4, -0.2) is 33.3 Å². The van der Waals surface area contributed by atoms with Gasteiger partial charge in [0.15, 0.2) is 0 Å². The Hall–Kier alpha value is -2.88. The lowest BCUT2D eigenvalue weighted by Crippen LogP contribution is -2.35. The third kappa shape index (κ3) is 5.55. The van der Waals surface area contributed by atoms with E-state index in [4.69, 9.17) is 0 Å². The van der Waals surface area contributed by atoms with Crippen LogP contribution in [0.25, 0.3) is 11.3 Å². The van der Waals surface area contributed by atoms with Gasteiger partial charge in [-0.25, -0.2) is 9.97 Å². The van der Waals surface area contributed by atoms with E-state index in [1.807, 2.05) is 38.1 Å². The molecule has 7 nitrogen and oxygen atoms in total. The van der Waals surface area contributed by atoms with Crippen LogP contribution in [0.4, 0.5) is 5.69 Å². The second-order valence-corrected chi connectivity index (χ2v) is 9.02. The average molecular weight is 555 g/mol. The molecule has 0 saturated carbocycles. The first-order valence-electron chi connectivity index (χ1n) is 11.0. The first-order valence-corrected chi connectivity index (χ1v) is 12.5. The molecule has 1 atom stereocenters. The zero-order chi connectivity index (χ0) is 23.4. The van der Waals surface area contributed by atoms with Gasteiger partial charge in [-0.1, -0.05) is 28.7 Å². The Bertz CT molecular complexity index is 1150. The molecule has 3 heterocycles. The molecular formula is C25H26IN5O2. The molecule has 8 heteroatoms. The average Bonchev–Trinajstić information content (AvgIpc) is 2.84. The van der Waals surface area contributed by atoms with Gasteiger partial charge in [0, 0.05) is 53.9 Å². The molecule has 0 aliphatic carbocycles. The molecule has 0 unspecified atom stereocenters. The number of pyridine rings is 1. The maximum Gasteiger partial charge on any atom is 0.251 e. The standard InChI is InChI=1S/C25H26IN5O2/c1-16-6-7-22(27-13-16)18-9-19(11-21(10-18)31-8-4-3-5-24(31)32)25(33)30-17(2)20-14-28-23(12-26)29-15-20/h6-7,9-11,13-15,17H,3-5,8,12H2,1-2H3,(H,30,33)/t17-/m1/s1. The number of amides is 2. The van der Waals surface area contributed by atoms with Crippen molar-refractivity contribution in [3.63, 3.8) is 0 Å². The smallest absolute Gasteiger partial charge is 0.251 e. The number of nitrogens with zero attached hydrogens (tertiary/aromatic N) is 4. The molecule has 0 radical (unpaired) electrons. The van der Waals surface area contributed by atoms with Crippen molar-refractivity contribution in [2.75, 3.05) is 11.4 Å². The SMILES string of the molecule is Cc1ccc(-c2cc(C(=O)N[C@H](C)c3cnc(CI)nc3)cc(N3CCCCC3=O)c2)nc1. The number of aromatic nitrogens is 3. The number of hydrogen-bond donors (Lipinski definition) is 1. The number of alkyl halides is 1. The lowest BCUT2D eigenvalue weighted by Gasteiger charge is -2.27. The Kier molecular flexibility index (Phi) is 7.32. The van der Waals surface area contributed by atoms with E-state index >= 15 is 0 Å². The van der Waals surface area contributed by atoms with Gasteiger partial charge >= 0.3 is 0 Å². The molecule has 1 aliphatic rings. The molecule has 0 bridgehead atoms. The molecule has 2 aromatic heterocycles. The van der Waals surface area contributed by atoms with E-state index in [2.05, 4.69) is 42.9 Å². The van der Waals surface area contributed by atoms with Gasteiger partial charge in [0.05, 0.1) is 16.2 Å². The van der Waals surface area contributed by atoms with Gasteiger partial charge in [0.1, 0.15) is 5.82 Å². The highest BCUT2D eigenvalue weighted by Crippen LogP contribution is 2.29. The van der Waals surface area contributed by atoms with Crippen LogP contribution in [0.5, 0.6) is 0 Å². The molecule has 1 aromatic carbocycles. The summed E-state index contributed by atoms with van der Waals surface area (Å²) in [5.74, 6) is 0.620. The van der Waals surface area contributed by atoms with Gasteiger partial charge in [0.2, 0.25) is 5.91 Å². The van der Waals surface area contributed by atoms with Crippen LogP contribution in [0.3, 0.4) is 0 Å². The fourth-order valence-corrected chi connectivity index (χ4v) is 4.18. The topological polar surface area (TPSA) is 88.1 Å². The minimum absolute atomic E-state index is 0.0856. The normalized spacial score (nSPS) is 14.8. The van der Waals surface area contributed by atoms with Gasteiger partial charge in [-0.2, -0.15) is 0 Å². The summed E-state index contributed by atoms with van der Waals surface area (Å²) in [4.78, 5) is 40.8. The van der Waals surface area contributed by atoms with Gasteiger partial charge in [0.25, 0.3) is 5.91 Å². The number of carbonyl (C=O) groups is 2. The summed E-state index contributed by atoms with van der Waals surface area (Å²) in [6.07, 6.45) is 7.67. The number of piperidine rings is 1. The highest BCUT2D eigenvalue weighted by molar-refractivity contribution is 14.1. The second kappa shape index (κ2) is 10.4. The van der Waals surface area contributed by atoms with E-state index in [0.717, 1.165) is 51.2 Å². The van der Waals surface area contributed by atoms with Crippen LogP contribution in [0.1, 0.15) is 59.5 Å². The summed E-state index contributed by atoms with van der Waals surface area (Å²) >= 11 is 2.21. The van der Waals surface area contributed by atoms with Crippen LogP contribution in [0.15, 0.2) is 48.9 Å². The maximum absolute atomic E-state index is 13.2. The minimum atomic E-state index is -0.262. The molecule has 3 aromatic rings. The number of halogens is 1. The Morgan fingerprint density at radius 2 is 1.91 bits per heavy atom. The number of benzene rings is 1. The summed E-state index contributed by atoms with van der Waals surface area (Å²) in [5, 5.41) is 3.03. The zero-order valence-electron chi connectivity index (χ0n) is 18.7. The molecule has 33 heavy (non-hydrogen) atoms. The lowest BCUT2D eigenvalue weighted by atomic mass is 10.0. The minimum Gasteiger partial charge on any atom is -0.345 e. The highest BCUT2D eigenvalue weighted by atomic mass is 127. The predicted octanol–water partition coefficient (Wildman–Crippen LogP) is 4.79. The molecule has 0 spiro atoms. The summed E-state index contributed by atoms with van der Waals surface area (Å²) < 4.78 is 0.733. The number of anilines is 1. The van der Waals surface area contributed by atoms with Crippen molar-refractivity contribution in [2.24, 2.45) is 0 Å². The molecule has 1 fully saturated rings. The summed E-state index contributed by atoms with van der Waals surface area (Å²) in [6, 6.07) is 9.22. The van der Waals surface area contributed by atoms with Crippen molar-refractivity contribution >= 4 is 40.1 Å². The Morgan fingerprint density at radius 3 is 2.58 bits per heavy atom. The Morgan fingerprint density at radius 1 is 1.12 bits per heavy atom. The Labute approximate surface area is 207 Å². The van der Waals surface area contributed by atoms with Gasteiger partial charge in [-0.15, -0.1) is 0 Å². The van der Waals surface area contributed by atoms with Gasteiger partial charge < -0.3 is 10.2 Å². The molecule has 4 rings (SSSR count). The number of aryl methyl sites for hydroxylation is 1. The fraction of sp³-hybridized carbons (Fsp3) is 0.320. The van der Waals surface area contributed by atoms with Crippen LogP contribution >= 0.6 is 22.6 Å². The van der Waals surface area contributed by atoms with E-state index in [9.17, 15) is 9.59 Å². The van der Waals surface area contributed by atoms with Crippen molar-refractivity contribution in [3.8, 4) is 11.3 Å². The van der Waals surface area contributed by atoms with Crippen molar-refractivity contribution in [1.82, 2.24) is 20.3 Å². The predicted molar refractivity (Wildman–Crippen MR) is 136 cm³/mol. The number of rotatable bonds is 6. The Balaban J connectivity index is 1.65. The van der Waals surface area contributed by atoms with Gasteiger partial charge in [-0.3, -0.25) is 14.6 Å². The highest BCUT2D eigenvalue weighted by Gasteiger charge is 2.22. The van der Waals surface area contributed by atoms with Crippen molar-refractivity contribution < 1.29 is 9.59 Å². The lowest BCUT2D eigenvalue weighted by molar-refractivity contribution is -0.119. The molecule has 2 amide bonds. The van der Waals surface area contributed by atoms with E-state index in [1.54, 1.807) is 29.6 Å². The van der Waals surface area contributed by atoms with E-state index < -0.39 is 0 Å². The van der Waals surface area contributed by atoms with Crippen molar-refractivity contribution in [3.05, 3.63) is 71.4 Å². The van der Waals surface area contributed by atoms with Crippen LogP contribution in [0.2, 0.25) is 0 Å². The molecule has 1 saturated heterocycles. The number of nitrogens with one attached hydrogen (secondary N) is 1. The molecular weight excluding hydrogens is 529 g/mol. The first kappa shape index (κ1) is 23.3. The molecule has 1 N–H and O–H groups in total. The van der Waals surface area contributed by atoms with Crippen molar-refractivity contribution in [1.29, 1.82) is 0 Å². The molecule has 1 aliphatic heterocycles. The van der Waals surface area contributed by atoms with E-state index in [1.165, 1.54) is 0 Å². The number of carbonyl (C=O) groups excluding carboxylic acids is 2. The van der Waals surface area contributed by atoms with Gasteiger partial charge in [-0.05, 0) is 56.5 Å². The van der Waals surface area contributed by atoms with Crippen LogP contribution < -0.4 is 10.2 Å². The second-order valence-electron chi connectivity index (χ2n) is 8.25. The third-order valence-corrected chi connectivity index (χ3v) is 6.40. The van der Waals surface area contributed by atoms with E-state index in [0.29, 0.717) is 18.5 Å². The van der Waals surface area contributed by atoms with E-state index in [-0.39, 0.29) is 17.9 Å². The largest absolute Gasteiger partial charge is 0.345 e. The summed E-state index contributed by atoms with van der Waals surface area (Å²) in [6.45, 7) is 4.54. The van der Waals surface area contributed by atoms with Crippen LogP contribution in [0, 0.1) is 6.92 Å². The number of hydrogen-bond acceptors (Lipinski definition) is 5. The van der Waals surface area contributed by atoms with Crippen molar-refractivity contribution in [2.45, 2.75) is 43.6 Å². The quantitative estimate of drug-likeness (QED) is 0.349. The summed E-state index contributed by atoms with van der Waals surface area (Å²) in [7, 11) is 0. The maximum atomic E-state index is 13.2. The monoisotopic (exact) mass is 555 g/mol. The zero-order valence-corrected chi connectivity index (χ0v) is 20.9. The van der Waals surface area contributed by atoms with Crippen LogP contribution in [-0.2, 0) is 9.22 Å². The third-order valence-electron chi connectivity index (χ3n) is 5.71. The fourth-order valence-electron chi connectivity index (χ4n) is 3.78. The molecule has 170 valence electrons.